The quantitative estimate of drug-likeness (QED) is 0.501. The Morgan fingerprint density at radius 1 is 1.17 bits per heavy atom. The molecular weight excluding hydrogens is 234 g/mol. The Bertz CT molecular complexity index is 584. The molecule has 0 fully saturated rings. The van der Waals surface area contributed by atoms with Gasteiger partial charge in [-0.15, -0.1) is 5.43 Å². The summed E-state index contributed by atoms with van der Waals surface area (Å²) in [4.78, 5) is 21.9. The average Bonchev–Trinajstić information content (AvgIpc) is 2.40. The van der Waals surface area contributed by atoms with Crippen molar-refractivity contribution < 1.29 is 14.4 Å². The van der Waals surface area contributed by atoms with E-state index in [0.717, 1.165) is 0 Å². The zero-order chi connectivity index (χ0) is 13.0. The van der Waals surface area contributed by atoms with Gasteiger partial charge in [-0.1, -0.05) is 16.8 Å². The van der Waals surface area contributed by atoms with Gasteiger partial charge in [0.2, 0.25) is 0 Å². The zero-order valence-corrected chi connectivity index (χ0v) is 9.32. The summed E-state index contributed by atoms with van der Waals surface area (Å²) in [7, 11) is 0. The van der Waals surface area contributed by atoms with Crippen molar-refractivity contribution in [2.75, 3.05) is 5.43 Å². The van der Waals surface area contributed by atoms with E-state index in [1.807, 2.05) is 6.07 Å². The molecule has 2 aromatic rings. The largest absolute Gasteiger partial charge is 0.305 e. The number of benzene rings is 1. The summed E-state index contributed by atoms with van der Waals surface area (Å²) in [6.07, 6.45) is 3.32. The Balaban J connectivity index is 2.19. The SMILES string of the molecule is O=C(N[n+]1ccccc1)c1cccc([N+](=O)[O-])c1. The number of nitro benzene ring substituents is 1. The first-order valence-corrected chi connectivity index (χ1v) is 5.19. The Labute approximate surface area is 103 Å². The number of nitrogens with zero attached hydrogens (tertiary/aromatic N) is 2. The molecule has 0 aliphatic rings. The lowest BCUT2D eigenvalue weighted by Crippen LogP contribution is -2.47. The van der Waals surface area contributed by atoms with Crippen LogP contribution >= 0.6 is 0 Å². The zero-order valence-electron chi connectivity index (χ0n) is 9.32. The number of aromatic nitrogens is 1. The normalized spacial score (nSPS) is 9.78. The number of carbonyl (C=O) groups excluding carboxylic acids is 1. The van der Waals surface area contributed by atoms with Crippen LogP contribution in [0.5, 0.6) is 0 Å². The Kier molecular flexibility index (Phi) is 3.29. The molecule has 1 amide bonds. The van der Waals surface area contributed by atoms with Crippen molar-refractivity contribution in [3.05, 3.63) is 70.5 Å². The molecule has 0 atom stereocenters. The number of amides is 1. The van der Waals surface area contributed by atoms with Gasteiger partial charge in [0.25, 0.3) is 5.69 Å². The van der Waals surface area contributed by atoms with Crippen LogP contribution in [0, 0.1) is 10.1 Å². The van der Waals surface area contributed by atoms with Gasteiger partial charge in [0.05, 0.1) is 10.5 Å². The highest BCUT2D eigenvalue weighted by Gasteiger charge is 2.13. The molecule has 1 heterocycles. The fourth-order valence-corrected chi connectivity index (χ4v) is 1.42. The predicted molar refractivity (Wildman–Crippen MR) is 63.4 cm³/mol. The first-order chi connectivity index (χ1) is 8.66. The van der Waals surface area contributed by atoms with E-state index in [0.29, 0.717) is 0 Å². The monoisotopic (exact) mass is 244 g/mol. The van der Waals surface area contributed by atoms with Gasteiger partial charge >= 0.3 is 5.91 Å². The van der Waals surface area contributed by atoms with Crippen molar-refractivity contribution in [3.63, 3.8) is 0 Å². The molecule has 1 N–H and O–H groups in total. The van der Waals surface area contributed by atoms with Gasteiger partial charge in [0.1, 0.15) is 0 Å². The summed E-state index contributed by atoms with van der Waals surface area (Å²) in [6, 6.07) is 10.9. The van der Waals surface area contributed by atoms with Gasteiger partial charge in [-0.2, -0.15) is 0 Å². The lowest BCUT2D eigenvalue weighted by atomic mass is 10.2. The third-order valence-electron chi connectivity index (χ3n) is 2.27. The van der Waals surface area contributed by atoms with Crippen LogP contribution in [-0.2, 0) is 0 Å². The lowest BCUT2D eigenvalue weighted by Gasteiger charge is -1.99. The Hall–Kier alpha value is -2.76. The molecule has 0 aliphatic carbocycles. The van der Waals surface area contributed by atoms with E-state index in [9.17, 15) is 14.9 Å². The average molecular weight is 244 g/mol. The summed E-state index contributed by atoms with van der Waals surface area (Å²) < 4.78 is 1.47. The van der Waals surface area contributed by atoms with Crippen LogP contribution in [-0.4, -0.2) is 10.8 Å². The van der Waals surface area contributed by atoms with Crippen molar-refractivity contribution in [2.45, 2.75) is 0 Å². The van der Waals surface area contributed by atoms with Gasteiger partial charge < -0.3 is 0 Å². The van der Waals surface area contributed by atoms with Crippen molar-refractivity contribution in [1.82, 2.24) is 0 Å². The Morgan fingerprint density at radius 2 is 1.89 bits per heavy atom. The number of carbonyl (C=O) groups is 1. The molecule has 0 saturated heterocycles. The maximum atomic E-state index is 11.8. The van der Waals surface area contributed by atoms with Crippen molar-refractivity contribution in [2.24, 2.45) is 0 Å². The fraction of sp³-hybridized carbons (Fsp3) is 0. The molecule has 2 rings (SSSR count). The molecule has 0 unspecified atom stereocenters. The molecule has 1 aromatic carbocycles. The minimum Gasteiger partial charge on any atom is -0.264 e. The predicted octanol–water partition coefficient (Wildman–Crippen LogP) is 1.27. The van der Waals surface area contributed by atoms with Gasteiger partial charge in [-0.3, -0.25) is 14.9 Å². The topological polar surface area (TPSA) is 76.1 Å². The number of nitrogens with one attached hydrogen (secondary N) is 1. The van der Waals surface area contributed by atoms with Crippen LogP contribution in [0.1, 0.15) is 10.4 Å². The smallest absolute Gasteiger partial charge is 0.264 e. The molecule has 1 aromatic heterocycles. The van der Waals surface area contributed by atoms with Crippen molar-refractivity contribution >= 4 is 11.6 Å². The second kappa shape index (κ2) is 5.05. The summed E-state index contributed by atoms with van der Waals surface area (Å²) >= 11 is 0. The van der Waals surface area contributed by atoms with Crippen LogP contribution < -0.4 is 10.1 Å². The Morgan fingerprint density at radius 3 is 2.56 bits per heavy atom. The molecule has 6 nitrogen and oxygen atoms in total. The van der Waals surface area contributed by atoms with E-state index in [4.69, 9.17) is 0 Å². The maximum Gasteiger partial charge on any atom is 0.305 e. The third-order valence-corrected chi connectivity index (χ3v) is 2.27. The van der Waals surface area contributed by atoms with Crippen LogP contribution in [0.2, 0.25) is 0 Å². The van der Waals surface area contributed by atoms with Gasteiger partial charge in [-0.05, 0) is 6.07 Å². The number of rotatable bonds is 3. The highest BCUT2D eigenvalue weighted by Crippen LogP contribution is 2.12. The second-order valence-electron chi connectivity index (χ2n) is 3.53. The molecule has 0 aliphatic heterocycles. The molecule has 18 heavy (non-hydrogen) atoms. The molecule has 90 valence electrons. The number of hydrogen-bond acceptors (Lipinski definition) is 3. The highest BCUT2D eigenvalue weighted by atomic mass is 16.6. The van der Waals surface area contributed by atoms with Gasteiger partial charge in [0.15, 0.2) is 12.4 Å². The molecule has 0 spiro atoms. The van der Waals surface area contributed by atoms with Crippen LogP contribution in [0.4, 0.5) is 5.69 Å². The molecule has 0 bridgehead atoms. The van der Waals surface area contributed by atoms with Crippen molar-refractivity contribution in [1.29, 1.82) is 0 Å². The summed E-state index contributed by atoms with van der Waals surface area (Å²) in [6.45, 7) is 0. The number of non-ortho nitro benzene ring substituents is 1. The first kappa shape index (κ1) is 11.7. The minimum atomic E-state index is -0.535. The van der Waals surface area contributed by atoms with E-state index in [-0.39, 0.29) is 11.3 Å². The summed E-state index contributed by atoms with van der Waals surface area (Å²) in [5.74, 6) is -0.408. The van der Waals surface area contributed by atoms with Crippen LogP contribution in [0.25, 0.3) is 0 Å². The summed E-state index contributed by atoms with van der Waals surface area (Å²) in [5, 5.41) is 10.6. The van der Waals surface area contributed by atoms with Crippen molar-refractivity contribution in [3.8, 4) is 0 Å². The molecule has 0 saturated carbocycles. The minimum absolute atomic E-state index is 0.110. The van der Waals surface area contributed by atoms with E-state index in [1.54, 1.807) is 24.5 Å². The number of pyridine rings is 1. The first-order valence-electron chi connectivity index (χ1n) is 5.19. The van der Waals surface area contributed by atoms with E-state index < -0.39 is 10.8 Å². The van der Waals surface area contributed by atoms with E-state index in [2.05, 4.69) is 5.43 Å². The third kappa shape index (κ3) is 2.67. The van der Waals surface area contributed by atoms with E-state index >= 15 is 0 Å². The van der Waals surface area contributed by atoms with E-state index in [1.165, 1.54) is 28.9 Å². The van der Waals surface area contributed by atoms with Crippen LogP contribution in [0.15, 0.2) is 54.9 Å². The maximum absolute atomic E-state index is 11.8. The fourth-order valence-electron chi connectivity index (χ4n) is 1.42. The molecule has 0 radical (unpaired) electrons. The standard InChI is InChI=1S/C12H9N3O3/c16-12(13-14-7-2-1-3-8-14)10-5-4-6-11(9-10)15(17)18/h1-9H/p+1. The molecular formula is C12H10N3O3+. The summed E-state index contributed by atoms with van der Waals surface area (Å²) in [5.41, 5.74) is 2.71. The lowest BCUT2D eigenvalue weighted by molar-refractivity contribution is -0.641. The number of nitro groups is 1. The molecule has 6 heteroatoms. The highest BCUT2D eigenvalue weighted by molar-refractivity contribution is 5.99. The van der Waals surface area contributed by atoms with Crippen LogP contribution in [0.3, 0.4) is 0 Å². The second-order valence-corrected chi connectivity index (χ2v) is 3.53. The number of hydrogen-bond donors (Lipinski definition) is 1. The van der Waals surface area contributed by atoms with Gasteiger partial charge in [0, 0.05) is 24.3 Å². The van der Waals surface area contributed by atoms with Gasteiger partial charge in [-0.25, -0.2) is 0 Å².